The lowest BCUT2D eigenvalue weighted by atomic mass is 10.3. The molecule has 2 rings (SSSR count). The average Bonchev–Trinajstić information content (AvgIpc) is 2.52. The summed E-state index contributed by atoms with van der Waals surface area (Å²) in [5.41, 5.74) is 0.869. The van der Waals surface area contributed by atoms with E-state index in [0.717, 1.165) is 45.1 Å². The van der Waals surface area contributed by atoms with Crippen LogP contribution >= 0.6 is 0 Å². The van der Waals surface area contributed by atoms with Gasteiger partial charge < -0.3 is 19.5 Å². The number of morpholine rings is 1. The topological polar surface area (TPSA) is 55.9 Å². The molecule has 1 aliphatic heterocycles. The summed E-state index contributed by atoms with van der Waals surface area (Å²) in [7, 11) is 3.27. The summed E-state index contributed by atoms with van der Waals surface area (Å²) in [6.07, 6.45) is 1.74. The maximum absolute atomic E-state index is 5.36. The Kier molecular flexibility index (Phi) is 6.04. The molecule has 0 aromatic carbocycles. The van der Waals surface area contributed by atoms with Crippen LogP contribution in [0.25, 0.3) is 0 Å². The fourth-order valence-electron chi connectivity index (χ4n) is 2.25. The van der Waals surface area contributed by atoms with Gasteiger partial charge in [0.25, 0.3) is 0 Å². The van der Waals surface area contributed by atoms with Gasteiger partial charge in [-0.25, -0.2) is 0 Å². The molecule has 0 atom stereocenters. The van der Waals surface area contributed by atoms with Crippen LogP contribution in [0.5, 0.6) is 11.5 Å². The fraction of sp³-hybridized carbons (Fsp3) is 0.643. The van der Waals surface area contributed by atoms with Crippen LogP contribution in [0.3, 0.4) is 0 Å². The molecule has 6 nitrogen and oxygen atoms in total. The van der Waals surface area contributed by atoms with Crippen molar-refractivity contribution in [1.29, 1.82) is 0 Å². The van der Waals surface area contributed by atoms with E-state index in [-0.39, 0.29) is 0 Å². The first kappa shape index (κ1) is 15.0. The van der Waals surface area contributed by atoms with Crippen molar-refractivity contribution in [2.45, 2.75) is 6.54 Å². The van der Waals surface area contributed by atoms with E-state index in [1.807, 2.05) is 0 Å². The summed E-state index contributed by atoms with van der Waals surface area (Å²) in [5.74, 6) is 1.42. The second-order valence-corrected chi connectivity index (χ2v) is 4.62. The van der Waals surface area contributed by atoms with E-state index in [1.165, 1.54) is 0 Å². The summed E-state index contributed by atoms with van der Waals surface area (Å²) in [5, 5.41) is 3.39. The highest BCUT2D eigenvalue weighted by atomic mass is 16.5. The van der Waals surface area contributed by atoms with Crippen molar-refractivity contribution in [2.75, 3.05) is 53.6 Å². The second-order valence-electron chi connectivity index (χ2n) is 4.62. The zero-order chi connectivity index (χ0) is 14.2. The summed E-state index contributed by atoms with van der Waals surface area (Å²) < 4.78 is 16.0. The van der Waals surface area contributed by atoms with Crippen molar-refractivity contribution in [3.8, 4) is 11.5 Å². The molecule has 1 aromatic heterocycles. The number of nitrogens with zero attached hydrogens (tertiary/aromatic N) is 2. The lowest BCUT2D eigenvalue weighted by Crippen LogP contribution is -2.40. The van der Waals surface area contributed by atoms with E-state index in [9.17, 15) is 0 Å². The normalized spacial score (nSPS) is 16.1. The molecule has 0 saturated carbocycles. The monoisotopic (exact) mass is 281 g/mol. The third-order valence-electron chi connectivity index (χ3n) is 3.37. The maximum Gasteiger partial charge on any atom is 0.183 e. The van der Waals surface area contributed by atoms with Crippen LogP contribution in [0.15, 0.2) is 12.3 Å². The van der Waals surface area contributed by atoms with Crippen molar-refractivity contribution in [2.24, 2.45) is 0 Å². The number of aromatic nitrogens is 1. The first-order valence-corrected chi connectivity index (χ1v) is 6.92. The highest BCUT2D eigenvalue weighted by molar-refractivity contribution is 5.42. The Hall–Kier alpha value is -1.37. The molecular formula is C14H23N3O3. The molecule has 1 aromatic rings. The van der Waals surface area contributed by atoms with E-state index < -0.39 is 0 Å². The molecule has 1 N–H and O–H groups in total. The molecule has 2 heterocycles. The minimum Gasteiger partial charge on any atom is -0.493 e. The Morgan fingerprint density at radius 1 is 1.30 bits per heavy atom. The van der Waals surface area contributed by atoms with E-state index >= 15 is 0 Å². The predicted molar refractivity (Wildman–Crippen MR) is 76.3 cm³/mol. The number of ether oxygens (including phenoxy) is 3. The van der Waals surface area contributed by atoms with Gasteiger partial charge in [-0.1, -0.05) is 0 Å². The van der Waals surface area contributed by atoms with Gasteiger partial charge in [0.2, 0.25) is 0 Å². The molecule has 0 spiro atoms. The lowest BCUT2D eigenvalue weighted by molar-refractivity contribution is 0.0384. The fourth-order valence-corrected chi connectivity index (χ4v) is 2.25. The van der Waals surface area contributed by atoms with E-state index in [4.69, 9.17) is 14.2 Å². The zero-order valence-electron chi connectivity index (χ0n) is 12.2. The maximum atomic E-state index is 5.36. The minimum absolute atomic E-state index is 0.671. The van der Waals surface area contributed by atoms with Gasteiger partial charge >= 0.3 is 0 Å². The highest BCUT2D eigenvalue weighted by Crippen LogP contribution is 2.28. The smallest absolute Gasteiger partial charge is 0.183 e. The molecule has 0 aliphatic carbocycles. The quantitative estimate of drug-likeness (QED) is 0.735. The van der Waals surface area contributed by atoms with Crippen LogP contribution in [-0.2, 0) is 11.3 Å². The van der Waals surface area contributed by atoms with Gasteiger partial charge in [0.15, 0.2) is 11.5 Å². The van der Waals surface area contributed by atoms with Crippen LogP contribution in [0, 0.1) is 0 Å². The van der Waals surface area contributed by atoms with Gasteiger partial charge in [-0.2, -0.15) is 0 Å². The summed E-state index contributed by atoms with van der Waals surface area (Å²) in [4.78, 5) is 6.74. The molecule has 112 valence electrons. The molecular weight excluding hydrogens is 258 g/mol. The molecule has 1 saturated heterocycles. The zero-order valence-corrected chi connectivity index (χ0v) is 12.2. The third kappa shape index (κ3) is 4.06. The molecule has 6 heteroatoms. The number of hydrogen-bond donors (Lipinski definition) is 1. The van der Waals surface area contributed by atoms with Gasteiger partial charge in [0.05, 0.1) is 33.1 Å². The van der Waals surface area contributed by atoms with E-state index in [1.54, 1.807) is 26.5 Å². The van der Waals surface area contributed by atoms with Crippen molar-refractivity contribution >= 4 is 0 Å². The number of hydrogen-bond acceptors (Lipinski definition) is 6. The molecule has 20 heavy (non-hydrogen) atoms. The Morgan fingerprint density at radius 3 is 2.80 bits per heavy atom. The Morgan fingerprint density at radius 2 is 2.10 bits per heavy atom. The molecule has 0 amide bonds. The lowest BCUT2D eigenvalue weighted by Gasteiger charge is -2.26. The van der Waals surface area contributed by atoms with Gasteiger partial charge in [-0.3, -0.25) is 9.88 Å². The predicted octanol–water partition coefficient (Wildman–Crippen LogP) is 0.521. The van der Waals surface area contributed by atoms with Crippen molar-refractivity contribution in [1.82, 2.24) is 15.2 Å². The van der Waals surface area contributed by atoms with Gasteiger partial charge in [-0.05, 0) is 0 Å². The Labute approximate surface area is 120 Å². The summed E-state index contributed by atoms with van der Waals surface area (Å²) in [6.45, 7) is 6.32. The van der Waals surface area contributed by atoms with E-state index in [0.29, 0.717) is 18.0 Å². The summed E-state index contributed by atoms with van der Waals surface area (Å²) >= 11 is 0. The SMILES string of the molecule is COc1ccnc(CNCCN2CCOCC2)c1OC. The Bertz CT molecular complexity index is 409. The van der Waals surface area contributed by atoms with Gasteiger partial charge in [-0.15, -0.1) is 0 Å². The highest BCUT2D eigenvalue weighted by Gasteiger charge is 2.12. The van der Waals surface area contributed by atoms with Crippen LogP contribution in [-0.4, -0.2) is 63.5 Å². The third-order valence-corrected chi connectivity index (χ3v) is 3.37. The number of pyridine rings is 1. The largest absolute Gasteiger partial charge is 0.493 e. The van der Waals surface area contributed by atoms with Crippen molar-refractivity contribution in [3.05, 3.63) is 18.0 Å². The van der Waals surface area contributed by atoms with Crippen LogP contribution < -0.4 is 14.8 Å². The minimum atomic E-state index is 0.671. The Balaban J connectivity index is 1.78. The van der Waals surface area contributed by atoms with Crippen LogP contribution in [0.2, 0.25) is 0 Å². The molecule has 0 unspecified atom stereocenters. The van der Waals surface area contributed by atoms with Crippen molar-refractivity contribution < 1.29 is 14.2 Å². The van der Waals surface area contributed by atoms with Crippen molar-refractivity contribution in [3.63, 3.8) is 0 Å². The number of nitrogens with one attached hydrogen (secondary N) is 1. The summed E-state index contributed by atoms with van der Waals surface area (Å²) in [6, 6.07) is 1.80. The number of methoxy groups -OCH3 is 2. The molecule has 1 aliphatic rings. The number of rotatable bonds is 7. The second kappa shape index (κ2) is 8.04. The molecule has 0 radical (unpaired) electrons. The van der Waals surface area contributed by atoms with Gasteiger partial charge in [0, 0.05) is 45.0 Å². The first-order chi connectivity index (χ1) is 9.85. The van der Waals surface area contributed by atoms with Gasteiger partial charge in [0.1, 0.15) is 0 Å². The average molecular weight is 281 g/mol. The molecule has 0 bridgehead atoms. The van der Waals surface area contributed by atoms with Crippen LogP contribution in [0.4, 0.5) is 0 Å². The molecule has 1 fully saturated rings. The first-order valence-electron chi connectivity index (χ1n) is 6.92. The standard InChI is InChI=1S/C14H23N3O3/c1-18-13-3-4-16-12(14(13)19-2)11-15-5-6-17-7-9-20-10-8-17/h3-4,15H,5-11H2,1-2H3. The van der Waals surface area contributed by atoms with Crippen LogP contribution in [0.1, 0.15) is 5.69 Å². The van der Waals surface area contributed by atoms with E-state index in [2.05, 4.69) is 15.2 Å².